The zero-order chi connectivity index (χ0) is 18.1. The van der Waals surface area contributed by atoms with E-state index in [2.05, 4.69) is 28.2 Å². The number of ether oxygens (including phenoxy) is 1. The maximum absolute atomic E-state index is 12.9. The predicted molar refractivity (Wildman–Crippen MR) is 104 cm³/mol. The molecule has 26 heavy (non-hydrogen) atoms. The molecular formula is C20H21N3O2S. The fourth-order valence-corrected chi connectivity index (χ4v) is 4.21. The van der Waals surface area contributed by atoms with E-state index < -0.39 is 0 Å². The van der Waals surface area contributed by atoms with Crippen molar-refractivity contribution < 1.29 is 9.53 Å². The van der Waals surface area contributed by atoms with Crippen LogP contribution in [-0.2, 0) is 17.8 Å². The summed E-state index contributed by atoms with van der Waals surface area (Å²) in [7, 11) is 1.64. The molecule has 1 aliphatic rings. The SMILES string of the molecule is COc1ccc2nc(SC(C)C(=O)N3CCc4ccccc4C3)[nH]c2c1. The van der Waals surface area contributed by atoms with Crippen LogP contribution in [-0.4, -0.2) is 39.7 Å². The van der Waals surface area contributed by atoms with Gasteiger partial charge in [0.1, 0.15) is 5.75 Å². The molecule has 0 aliphatic carbocycles. The lowest BCUT2D eigenvalue weighted by Gasteiger charge is -2.30. The number of carbonyl (C=O) groups is 1. The number of fused-ring (bicyclic) bond motifs is 2. The van der Waals surface area contributed by atoms with E-state index in [0.29, 0.717) is 6.54 Å². The fraction of sp³-hybridized carbons (Fsp3) is 0.300. The predicted octanol–water partition coefficient (Wildman–Crippen LogP) is 3.64. The minimum atomic E-state index is -0.192. The summed E-state index contributed by atoms with van der Waals surface area (Å²) in [6, 6.07) is 14.1. The largest absolute Gasteiger partial charge is 0.497 e. The van der Waals surface area contributed by atoms with Crippen molar-refractivity contribution in [3.63, 3.8) is 0 Å². The minimum absolute atomic E-state index is 0.155. The van der Waals surface area contributed by atoms with Gasteiger partial charge in [0.05, 0.1) is 23.4 Å². The monoisotopic (exact) mass is 367 g/mol. The molecule has 5 nitrogen and oxygen atoms in total. The summed E-state index contributed by atoms with van der Waals surface area (Å²) in [5.41, 5.74) is 4.39. The summed E-state index contributed by atoms with van der Waals surface area (Å²) >= 11 is 1.47. The number of benzene rings is 2. The number of thioether (sulfide) groups is 1. The lowest BCUT2D eigenvalue weighted by atomic mass is 10.00. The van der Waals surface area contributed by atoms with Gasteiger partial charge in [0, 0.05) is 19.2 Å². The van der Waals surface area contributed by atoms with Crippen LogP contribution in [0.25, 0.3) is 11.0 Å². The fourth-order valence-electron chi connectivity index (χ4n) is 3.31. The number of methoxy groups -OCH3 is 1. The van der Waals surface area contributed by atoms with Crippen LogP contribution in [0.2, 0.25) is 0 Å². The first-order valence-corrected chi connectivity index (χ1v) is 9.58. The molecule has 1 amide bonds. The summed E-state index contributed by atoms with van der Waals surface area (Å²) in [4.78, 5) is 22.7. The summed E-state index contributed by atoms with van der Waals surface area (Å²) in [5, 5.41) is 0.564. The molecule has 4 rings (SSSR count). The number of carbonyl (C=O) groups excluding carboxylic acids is 1. The Morgan fingerprint density at radius 1 is 1.27 bits per heavy atom. The first kappa shape index (κ1) is 17.0. The van der Waals surface area contributed by atoms with Gasteiger partial charge in [0.2, 0.25) is 5.91 Å². The molecule has 0 spiro atoms. The second-order valence-corrected chi connectivity index (χ2v) is 7.79. The number of hydrogen-bond donors (Lipinski definition) is 1. The Kier molecular flexibility index (Phi) is 4.59. The Labute approximate surface area is 156 Å². The van der Waals surface area contributed by atoms with Crippen molar-refractivity contribution >= 4 is 28.7 Å². The number of aromatic amines is 1. The number of imidazole rings is 1. The Bertz CT molecular complexity index is 953. The molecule has 0 saturated carbocycles. The third-order valence-electron chi connectivity index (χ3n) is 4.75. The highest BCUT2D eigenvalue weighted by Crippen LogP contribution is 2.28. The molecule has 134 valence electrons. The topological polar surface area (TPSA) is 58.2 Å². The highest BCUT2D eigenvalue weighted by molar-refractivity contribution is 8.00. The highest BCUT2D eigenvalue weighted by atomic mass is 32.2. The lowest BCUT2D eigenvalue weighted by molar-refractivity contribution is -0.131. The van der Waals surface area contributed by atoms with E-state index in [1.807, 2.05) is 36.1 Å². The Balaban J connectivity index is 1.46. The van der Waals surface area contributed by atoms with Gasteiger partial charge in [-0.1, -0.05) is 36.0 Å². The lowest BCUT2D eigenvalue weighted by Crippen LogP contribution is -2.40. The van der Waals surface area contributed by atoms with Crippen LogP contribution >= 0.6 is 11.8 Å². The van der Waals surface area contributed by atoms with Gasteiger partial charge in [-0.3, -0.25) is 4.79 Å². The van der Waals surface area contributed by atoms with Gasteiger partial charge in [-0.2, -0.15) is 0 Å². The molecule has 2 heterocycles. The molecule has 3 aromatic rings. The van der Waals surface area contributed by atoms with Crippen LogP contribution < -0.4 is 4.74 Å². The summed E-state index contributed by atoms with van der Waals surface area (Å²) in [6.07, 6.45) is 0.920. The number of amides is 1. The number of hydrogen-bond acceptors (Lipinski definition) is 4. The Hall–Kier alpha value is -2.47. The second kappa shape index (κ2) is 7.03. The van der Waals surface area contributed by atoms with Crippen LogP contribution in [0.4, 0.5) is 0 Å². The van der Waals surface area contributed by atoms with E-state index in [9.17, 15) is 4.79 Å². The number of aromatic nitrogens is 2. The van der Waals surface area contributed by atoms with E-state index in [1.165, 1.54) is 22.9 Å². The van der Waals surface area contributed by atoms with Crippen molar-refractivity contribution in [1.29, 1.82) is 0 Å². The van der Waals surface area contributed by atoms with Gasteiger partial charge < -0.3 is 14.6 Å². The van der Waals surface area contributed by atoms with E-state index in [0.717, 1.165) is 34.9 Å². The molecule has 0 radical (unpaired) electrons. The number of rotatable bonds is 4. The third-order valence-corrected chi connectivity index (χ3v) is 5.72. The van der Waals surface area contributed by atoms with E-state index in [4.69, 9.17) is 4.74 Å². The third kappa shape index (κ3) is 3.29. The number of nitrogens with one attached hydrogen (secondary N) is 1. The normalized spacial score (nSPS) is 14.9. The van der Waals surface area contributed by atoms with Crippen molar-refractivity contribution in [3.05, 3.63) is 53.6 Å². The van der Waals surface area contributed by atoms with Crippen molar-refractivity contribution in [3.8, 4) is 5.75 Å². The van der Waals surface area contributed by atoms with Crippen molar-refractivity contribution in [1.82, 2.24) is 14.9 Å². The van der Waals surface area contributed by atoms with E-state index in [1.54, 1.807) is 7.11 Å². The molecule has 1 aromatic heterocycles. The average molecular weight is 367 g/mol. The van der Waals surface area contributed by atoms with Gasteiger partial charge in [0.25, 0.3) is 0 Å². The Morgan fingerprint density at radius 2 is 2.08 bits per heavy atom. The molecule has 2 aromatic carbocycles. The molecular weight excluding hydrogens is 346 g/mol. The molecule has 0 fully saturated rings. The quantitative estimate of drug-likeness (QED) is 0.716. The standard InChI is InChI=1S/C20H21N3O2S/c1-13(19(24)23-10-9-14-5-3-4-6-15(14)12-23)26-20-21-17-8-7-16(25-2)11-18(17)22-20/h3-8,11,13H,9-10,12H2,1-2H3,(H,21,22). The molecule has 1 aliphatic heterocycles. The molecule has 0 saturated heterocycles. The summed E-state index contributed by atoms with van der Waals surface area (Å²) in [6.45, 7) is 3.41. The van der Waals surface area contributed by atoms with Crippen molar-refractivity contribution in [2.24, 2.45) is 0 Å². The molecule has 1 N–H and O–H groups in total. The summed E-state index contributed by atoms with van der Waals surface area (Å²) in [5.74, 6) is 0.941. The Morgan fingerprint density at radius 3 is 2.88 bits per heavy atom. The van der Waals surface area contributed by atoms with Gasteiger partial charge >= 0.3 is 0 Å². The van der Waals surface area contributed by atoms with Crippen LogP contribution in [0.1, 0.15) is 18.1 Å². The molecule has 1 unspecified atom stereocenters. The number of H-pyrrole nitrogens is 1. The zero-order valence-corrected chi connectivity index (χ0v) is 15.7. The first-order chi connectivity index (χ1) is 12.6. The van der Waals surface area contributed by atoms with Gasteiger partial charge in [-0.05, 0) is 36.6 Å². The number of nitrogens with zero attached hydrogens (tertiary/aromatic N) is 2. The van der Waals surface area contributed by atoms with Crippen LogP contribution in [0.5, 0.6) is 5.75 Å². The maximum atomic E-state index is 12.9. The highest BCUT2D eigenvalue weighted by Gasteiger charge is 2.25. The average Bonchev–Trinajstić information content (AvgIpc) is 3.08. The first-order valence-electron chi connectivity index (χ1n) is 8.70. The van der Waals surface area contributed by atoms with Crippen LogP contribution in [0.3, 0.4) is 0 Å². The van der Waals surface area contributed by atoms with Crippen molar-refractivity contribution in [2.45, 2.75) is 30.3 Å². The molecule has 6 heteroatoms. The summed E-state index contributed by atoms with van der Waals surface area (Å²) < 4.78 is 5.24. The van der Waals surface area contributed by atoms with Gasteiger partial charge in [0.15, 0.2) is 5.16 Å². The smallest absolute Gasteiger partial charge is 0.236 e. The minimum Gasteiger partial charge on any atom is -0.497 e. The molecule has 0 bridgehead atoms. The second-order valence-electron chi connectivity index (χ2n) is 6.46. The van der Waals surface area contributed by atoms with Gasteiger partial charge in [-0.15, -0.1) is 0 Å². The van der Waals surface area contributed by atoms with Crippen LogP contribution in [0, 0.1) is 0 Å². The van der Waals surface area contributed by atoms with E-state index in [-0.39, 0.29) is 11.2 Å². The maximum Gasteiger partial charge on any atom is 0.236 e. The zero-order valence-electron chi connectivity index (χ0n) is 14.9. The van der Waals surface area contributed by atoms with Gasteiger partial charge in [-0.25, -0.2) is 4.98 Å². The molecule has 1 atom stereocenters. The van der Waals surface area contributed by atoms with Crippen molar-refractivity contribution in [2.75, 3.05) is 13.7 Å². The van der Waals surface area contributed by atoms with Crippen LogP contribution in [0.15, 0.2) is 47.6 Å². The van der Waals surface area contributed by atoms with E-state index >= 15 is 0 Å².